The third kappa shape index (κ3) is 3.86. The lowest BCUT2D eigenvalue weighted by molar-refractivity contribution is 0.184. The molecule has 1 aliphatic heterocycles. The summed E-state index contributed by atoms with van der Waals surface area (Å²) >= 11 is 9.51. The molecule has 7 nitrogen and oxygen atoms in total. The Labute approximate surface area is 180 Å². The number of piperidine rings is 1. The van der Waals surface area contributed by atoms with Crippen molar-refractivity contribution in [3.63, 3.8) is 0 Å². The zero-order chi connectivity index (χ0) is 20.5. The number of hydrogen-bond donors (Lipinski definition) is 2. The van der Waals surface area contributed by atoms with Gasteiger partial charge in [0.15, 0.2) is 0 Å². The number of aromatic nitrogens is 2. The van der Waals surface area contributed by atoms with Gasteiger partial charge in [-0.2, -0.15) is 0 Å². The number of halogens is 2. The number of urea groups is 1. The lowest BCUT2D eigenvalue weighted by Crippen LogP contribution is -2.42. The van der Waals surface area contributed by atoms with Gasteiger partial charge in [-0.05, 0) is 53.0 Å². The second-order valence-electron chi connectivity index (χ2n) is 6.93. The third-order valence-electron chi connectivity index (χ3n) is 5.22. The van der Waals surface area contributed by atoms with Gasteiger partial charge in [0, 0.05) is 35.4 Å². The van der Waals surface area contributed by atoms with Gasteiger partial charge in [-0.1, -0.05) is 17.7 Å². The van der Waals surface area contributed by atoms with E-state index in [-0.39, 0.29) is 17.8 Å². The van der Waals surface area contributed by atoms with Crippen LogP contribution in [-0.4, -0.2) is 40.7 Å². The predicted octanol–water partition coefficient (Wildman–Crippen LogP) is 4.62. The summed E-state index contributed by atoms with van der Waals surface area (Å²) in [5.41, 5.74) is 2.18. The van der Waals surface area contributed by atoms with Gasteiger partial charge in [0.2, 0.25) is 0 Å². The molecule has 3 aromatic rings. The van der Waals surface area contributed by atoms with Crippen molar-refractivity contribution >= 4 is 50.3 Å². The van der Waals surface area contributed by atoms with E-state index >= 15 is 0 Å². The Hall–Kier alpha value is -2.45. The number of likely N-dealkylation sites (tertiary alicyclic amines) is 1. The second kappa shape index (κ2) is 8.12. The van der Waals surface area contributed by atoms with E-state index in [2.05, 4.69) is 26.2 Å². The highest BCUT2D eigenvalue weighted by atomic mass is 79.9. The number of nitrogens with zero attached hydrogens (tertiary/aromatic N) is 2. The number of rotatable bonds is 3. The average molecular weight is 480 g/mol. The Morgan fingerprint density at radius 1 is 1.28 bits per heavy atom. The molecule has 1 fully saturated rings. The summed E-state index contributed by atoms with van der Waals surface area (Å²) in [4.78, 5) is 29.8. The molecule has 4 rings (SSSR count). The summed E-state index contributed by atoms with van der Waals surface area (Å²) in [6, 6.07) is 10.7. The number of amides is 2. The van der Waals surface area contributed by atoms with Crippen LogP contribution in [0.5, 0.6) is 5.75 Å². The monoisotopic (exact) mass is 478 g/mol. The Balaban J connectivity index is 1.45. The lowest BCUT2D eigenvalue weighted by atomic mass is 10.0. The number of anilines is 1. The number of ether oxygens (including phenoxy) is 1. The molecule has 152 valence electrons. The Bertz CT molecular complexity index is 1120. The summed E-state index contributed by atoms with van der Waals surface area (Å²) in [5.74, 6) is 0.507. The predicted molar refractivity (Wildman–Crippen MR) is 117 cm³/mol. The van der Waals surface area contributed by atoms with Gasteiger partial charge in [0.05, 0.1) is 23.2 Å². The molecule has 2 heterocycles. The number of benzene rings is 2. The maximum Gasteiger partial charge on any atom is 0.326 e. The standard InChI is InChI=1S/C20H20BrClN4O3/c1-29-17-11-12(5-6-15(17)22)23-19(27)25-9-7-13(8-10-25)26-16-4-2-3-14(21)18(16)24-20(26)28/h2-6,11,13H,7-10H2,1H3,(H,23,27)(H,24,28). The zero-order valence-corrected chi connectivity index (χ0v) is 18.1. The summed E-state index contributed by atoms with van der Waals surface area (Å²) in [7, 11) is 1.53. The second-order valence-corrected chi connectivity index (χ2v) is 8.19. The van der Waals surface area contributed by atoms with Crippen LogP contribution in [0.15, 0.2) is 45.7 Å². The first kappa shape index (κ1) is 19.8. The van der Waals surface area contributed by atoms with Crippen LogP contribution in [0.25, 0.3) is 11.0 Å². The minimum atomic E-state index is -0.179. The van der Waals surface area contributed by atoms with Crippen LogP contribution in [0.2, 0.25) is 5.02 Å². The lowest BCUT2D eigenvalue weighted by Gasteiger charge is -2.32. The van der Waals surface area contributed by atoms with Crippen molar-refractivity contribution in [2.24, 2.45) is 0 Å². The number of methoxy groups -OCH3 is 1. The third-order valence-corrected chi connectivity index (χ3v) is 6.19. The fourth-order valence-corrected chi connectivity index (χ4v) is 4.39. The number of aromatic amines is 1. The van der Waals surface area contributed by atoms with Gasteiger partial charge in [0.1, 0.15) is 5.75 Å². The van der Waals surface area contributed by atoms with Crippen molar-refractivity contribution in [2.75, 3.05) is 25.5 Å². The average Bonchev–Trinajstić information content (AvgIpc) is 3.07. The molecule has 2 amide bonds. The smallest absolute Gasteiger partial charge is 0.326 e. The van der Waals surface area contributed by atoms with E-state index in [9.17, 15) is 9.59 Å². The molecular formula is C20H20BrClN4O3. The topological polar surface area (TPSA) is 79.4 Å². The number of carbonyl (C=O) groups is 1. The number of carbonyl (C=O) groups excluding carboxylic acids is 1. The van der Waals surface area contributed by atoms with Crippen molar-refractivity contribution < 1.29 is 9.53 Å². The number of para-hydroxylation sites is 1. The van der Waals surface area contributed by atoms with Crippen molar-refractivity contribution in [3.05, 3.63) is 56.4 Å². The normalized spacial score (nSPS) is 14.9. The first-order valence-corrected chi connectivity index (χ1v) is 10.4. The molecule has 9 heteroatoms. The van der Waals surface area contributed by atoms with Crippen molar-refractivity contribution in [3.8, 4) is 5.75 Å². The van der Waals surface area contributed by atoms with E-state index in [4.69, 9.17) is 16.3 Å². The van der Waals surface area contributed by atoms with Crippen LogP contribution in [-0.2, 0) is 0 Å². The molecular weight excluding hydrogens is 460 g/mol. The van der Waals surface area contributed by atoms with Crippen LogP contribution in [0.4, 0.5) is 10.5 Å². The molecule has 29 heavy (non-hydrogen) atoms. The Kier molecular flexibility index (Phi) is 5.56. The molecule has 0 unspecified atom stereocenters. The molecule has 1 aliphatic rings. The maximum absolute atomic E-state index is 12.6. The number of hydrogen-bond acceptors (Lipinski definition) is 3. The SMILES string of the molecule is COc1cc(NC(=O)N2CCC(n3c(=O)[nH]c4c(Br)cccc43)CC2)ccc1Cl. The summed E-state index contributed by atoms with van der Waals surface area (Å²) in [5, 5.41) is 3.37. The van der Waals surface area contributed by atoms with E-state index in [1.807, 2.05) is 18.2 Å². The Morgan fingerprint density at radius 3 is 2.76 bits per heavy atom. The van der Waals surface area contributed by atoms with Gasteiger partial charge < -0.3 is 19.9 Å². The highest BCUT2D eigenvalue weighted by Gasteiger charge is 2.26. The Morgan fingerprint density at radius 2 is 2.03 bits per heavy atom. The highest BCUT2D eigenvalue weighted by Crippen LogP contribution is 2.29. The van der Waals surface area contributed by atoms with Gasteiger partial charge in [-0.15, -0.1) is 0 Å². The summed E-state index contributed by atoms with van der Waals surface area (Å²) in [6.45, 7) is 1.13. The fourth-order valence-electron chi connectivity index (χ4n) is 3.74. The van der Waals surface area contributed by atoms with Crippen molar-refractivity contribution in [2.45, 2.75) is 18.9 Å². The van der Waals surface area contributed by atoms with Gasteiger partial charge in [-0.25, -0.2) is 9.59 Å². The van der Waals surface area contributed by atoms with Crippen LogP contribution < -0.4 is 15.7 Å². The van der Waals surface area contributed by atoms with Crippen LogP contribution in [0.1, 0.15) is 18.9 Å². The molecule has 1 saturated heterocycles. The molecule has 0 bridgehead atoms. The molecule has 0 saturated carbocycles. The number of H-pyrrole nitrogens is 1. The minimum Gasteiger partial charge on any atom is -0.495 e. The molecule has 0 aliphatic carbocycles. The van der Waals surface area contributed by atoms with Crippen molar-refractivity contribution in [1.82, 2.24) is 14.5 Å². The highest BCUT2D eigenvalue weighted by molar-refractivity contribution is 9.10. The first-order chi connectivity index (χ1) is 14.0. The molecule has 1 aromatic heterocycles. The molecule has 0 spiro atoms. The number of fused-ring (bicyclic) bond motifs is 1. The number of imidazole rings is 1. The summed E-state index contributed by atoms with van der Waals surface area (Å²) < 4.78 is 7.85. The van der Waals surface area contributed by atoms with E-state index < -0.39 is 0 Å². The zero-order valence-electron chi connectivity index (χ0n) is 15.7. The van der Waals surface area contributed by atoms with E-state index in [0.29, 0.717) is 42.4 Å². The minimum absolute atomic E-state index is 0.0465. The maximum atomic E-state index is 12.6. The molecule has 0 atom stereocenters. The quantitative estimate of drug-likeness (QED) is 0.575. The summed E-state index contributed by atoms with van der Waals surface area (Å²) in [6.07, 6.45) is 1.41. The van der Waals surface area contributed by atoms with Crippen LogP contribution >= 0.6 is 27.5 Å². The van der Waals surface area contributed by atoms with E-state index in [1.165, 1.54) is 7.11 Å². The van der Waals surface area contributed by atoms with Crippen molar-refractivity contribution in [1.29, 1.82) is 0 Å². The van der Waals surface area contributed by atoms with Gasteiger partial charge >= 0.3 is 11.7 Å². The first-order valence-electron chi connectivity index (χ1n) is 9.26. The number of nitrogens with one attached hydrogen (secondary N) is 2. The van der Waals surface area contributed by atoms with Crippen LogP contribution in [0.3, 0.4) is 0 Å². The van der Waals surface area contributed by atoms with Gasteiger partial charge in [-0.3, -0.25) is 4.57 Å². The van der Waals surface area contributed by atoms with Gasteiger partial charge in [0.25, 0.3) is 0 Å². The molecule has 2 aromatic carbocycles. The molecule has 0 radical (unpaired) electrons. The van der Waals surface area contributed by atoms with E-state index in [1.54, 1.807) is 27.7 Å². The fraction of sp³-hybridized carbons (Fsp3) is 0.300. The van der Waals surface area contributed by atoms with Crippen LogP contribution in [0, 0.1) is 0 Å². The molecule has 2 N–H and O–H groups in total. The van der Waals surface area contributed by atoms with E-state index in [0.717, 1.165) is 15.5 Å². The largest absolute Gasteiger partial charge is 0.495 e.